The van der Waals surface area contributed by atoms with E-state index in [1.165, 1.54) is 0 Å². The zero-order valence-electron chi connectivity index (χ0n) is 10.2. The Morgan fingerprint density at radius 3 is 2.53 bits per heavy atom. The van der Waals surface area contributed by atoms with E-state index < -0.39 is 0 Å². The quantitative estimate of drug-likeness (QED) is 0.707. The van der Waals surface area contributed by atoms with E-state index in [0.717, 1.165) is 19.5 Å². The molecular weight excluding hydrogens is 190 g/mol. The molecule has 0 spiro atoms. The summed E-state index contributed by atoms with van der Waals surface area (Å²) in [6.45, 7) is 9.76. The molecule has 1 saturated heterocycles. The van der Waals surface area contributed by atoms with E-state index in [2.05, 4.69) is 17.1 Å². The molecule has 1 amide bonds. The van der Waals surface area contributed by atoms with Crippen molar-refractivity contribution >= 4 is 5.91 Å². The second-order valence-corrected chi connectivity index (χ2v) is 5.12. The van der Waals surface area contributed by atoms with Crippen molar-refractivity contribution in [1.29, 1.82) is 0 Å². The number of amides is 1. The van der Waals surface area contributed by atoms with E-state index in [1.54, 1.807) is 0 Å². The molecule has 4 heteroatoms. The van der Waals surface area contributed by atoms with Gasteiger partial charge < -0.3 is 11.1 Å². The second kappa shape index (κ2) is 4.49. The number of carbonyl (C=O) groups excluding carboxylic acids is 1. The lowest BCUT2D eigenvalue weighted by atomic mass is 10.0. The van der Waals surface area contributed by atoms with Crippen molar-refractivity contribution in [3.8, 4) is 0 Å². The average Bonchev–Trinajstić information content (AvgIpc) is 2.11. The van der Waals surface area contributed by atoms with Gasteiger partial charge in [0.1, 0.15) is 0 Å². The van der Waals surface area contributed by atoms with Crippen molar-refractivity contribution in [3.05, 3.63) is 0 Å². The molecule has 0 aliphatic carbocycles. The van der Waals surface area contributed by atoms with E-state index in [0.29, 0.717) is 0 Å². The fourth-order valence-electron chi connectivity index (χ4n) is 1.56. The van der Waals surface area contributed by atoms with Gasteiger partial charge in [-0.05, 0) is 27.2 Å². The second-order valence-electron chi connectivity index (χ2n) is 5.12. The van der Waals surface area contributed by atoms with E-state index >= 15 is 0 Å². The van der Waals surface area contributed by atoms with Crippen molar-refractivity contribution in [2.24, 2.45) is 5.73 Å². The van der Waals surface area contributed by atoms with Gasteiger partial charge in [-0.3, -0.25) is 9.69 Å². The Hall–Kier alpha value is -0.610. The number of nitrogens with one attached hydrogen (secondary N) is 1. The first-order valence-electron chi connectivity index (χ1n) is 5.67. The predicted molar refractivity (Wildman–Crippen MR) is 61.5 cm³/mol. The highest BCUT2D eigenvalue weighted by Crippen LogP contribution is 2.13. The van der Waals surface area contributed by atoms with E-state index in [9.17, 15) is 4.79 Å². The lowest BCUT2D eigenvalue weighted by Crippen LogP contribution is -2.63. The molecule has 1 aliphatic rings. The number of rotatable bonds is 4. The summed E-state index contributed by atoms with van der Waals surface area (Å²) in [5.41, 5.74) is 5.57. The van der Waals surface area contributed by atoms with Gasteiger partial charge in [0.15, 0.2) is 0 Å². The van der Waals surface area contributed by atoms with Crippen LogP contribution in [0.2, 0.25) is 0 Å². The van der Waals surface area contributed by atoms with Gasteiger partial charge in [0.05, 0.1) is 6.04 Å². The van der Waals surface area contributed by atoms with Gasteiger partial charge in [0, 0.05) is 24.7 Å². The van der Waals surface area contributed by atoms with Crippen LogP contribution >= 0.6 is 0 Å². The third kappa shape index (κ3) is 3.18. The maximum atomic E-state index is 11.9. The molecule has 0 bridgehead atoms. The Balaban J connectivity index is 2.40. The fourth-order valence-corrected chi connectivity index (χ4v) is 1.56. The SMILES string of the molecule is CCC(C)(C)NC(=O)C(C)N1CC(N)C1. The van der Waals surface area contributed by atoms with Crippen molar-refractivity contribution in [2.45, 2.75) is 51.7 Å². The molecule has 0 aromatic rings. The highest BCUT2D eigenvalue weighted by molar-refractivity contribution is 5.82. The lowest BCUT2D eigenvalue weighted by molar-refractivity contribution is -0.129. The molecule has 1 atom stereocenters. The summed E-state index contributed by atoms with van der Waals surface area (Å²) in [5, 5.41) is 3.05. The zero-order valence-corrected chi connectivity index (χ0v) is 10.2. The highest BCUT2D eigenvalue weighted by Gasteiger charge is 2.32. The van der Waals surface area contributed by atoms with E-state index in [-0.39, 0.29) is 23.5 Å². The predicted octanol–water partition coefficient (Wildman–Crippen LogP) is 0.323. The smallest absolute Gasteiger partial charge is 0.237 e. The molecule has 0 aromatic heterocycles. The molecule has 0 saturated carbocycles. The Bertz CT molecular complexity index is 234. The molecule has 1 rings (SSSR count). The van der Waals surface area contributed by atoms with Crippen LogP contribution in [-0.2, 0) is 4.79 Å². The monoisotopic (exact) mass is 213 g/mol. The summed E-state index contributed by atoms with van der Waals surface area (Å²) in [6, 6.07) is 0.190. The van der Waals surface area contributed by atoms with Crippen molar-refractivity contribution < 1.29 is 4.79 Å². The van der Waals surface area contributed by atoms with Crippen LogP contribution in [0.4, 0.5) is 0 Å². The van der Waals surface area contributed by atoms with Crippen LogP contribution in [0.15, 0.2) is 0 Å². The number of hydrogen-bond acceptors (Lipinski definition) is 3. The van der Waals surface area contributed by atoms with E-state index in [1.807, 2.05) is 20.8 Å². The summed E-state index contributed by atoms with van der Waals surface area (Å²) in [4.78, 5) is 14.0. The molecule has 15 heavy (non-hydrogen) atoms. The van der Waals surface area contributed by atoms with Gasteiger partial charge in [-0.2, -0.15) is 0 Å². The van der Waals surface area contributed by atoms with Crippen LogP contribution in [0.3, 0.4) is 0 Å². The number of nitrogens with zero attached hydrogens (tertiary/aromatic N) is 1. The Morgan fingerprint density at radius 2 is 2.13 bits per heavy atom. The minimum Gasteiger partial charge on any atom is -0.350 e. The topological polar surface area (TPSA) is 58.4 Å². The van der Waals surface area contributed by atoms with E-state index in [4.69, 9.17) is 5.73 Å². The first-order valence-corrected chi connectivity index (χ1v) is 5.67. The maximum absolute atomic E-state index is 11.9. The first-order chi connectivity index (χ1) is 6.85. The molecule has 1 heterocycles. The van der Waals surface area contributed by atoms with Crippen LogP contribution in [0.1, 0.15) is 34.1 Å². The Kier molecular flexibility index (Phi) is 3.73. The highest BCUT2D eigenvalue weighted by atomic mass is 16.2. The van der Waals surface area contributed by atoms with Crippen LogP contribution < -0.4 is 11.1 Å². The summed E-state index contributed by atoms with van der Waals surface area (Å²) in [7, 11) is 0. The van der Waals surface area contributed by atoms with Gasteiger partial charge >= 0.3 is 0 Å². The molecule has 3 N–H and O–H groups in total. The van der Waals surface area contributed by atoms with Crippen molar-refractivity contribution in [1.82, 2.24) is 10.2 Å². The van der Waals surface area contributed by atoms with Gasteiger partial charge in [0.2, 0.25) is 5.91 Å². The van der Waals surface area contributed by atoms with Crippen molar-refractivity contribution in [3.63, 3.8) is 0 Å². The average molecular weight is 213 g/mol. The standard InChI is InChI=1S/C11H23N3O/c1-5-11(3,4)13-10(15)8(2)14-6-9(12)7-14/h8-9H,5-7,12H2,1-4H3,(H,13,15). The normalized spacial score (nSPS) is 20.9. The first kappa shape index (κ1) is 12.5. The lowest BCUT2D eigenvalue weighted by Gasteiger charge is -2.41. The Labute approximate surface area is 92.2 Å². The summed E-state index contributed by atoms with van der Waals surface area (Å²) < 4.78 is 0. The zero-order chi connectivity index (χ0) is 11.6. The number of likely N-dealkylation sites (tertiary alicyclic amines) is 1. The molecule has 88 valence electrons. The van der Waals surface area contributed by atoms with Gasteiger partial charge in [-0.25, -0.2) is 0 Å². The van der Waals surface area contributed by atoms with Crippen LogP contribution in [0, 0.1) is 0 Å². The molecule has 0 aromatic carbocycles. The van der Waals surface area contributed by atoms with Gasteiger partial charge in [-0.1, -0.05) is 6.92 Å². The molecule has 1 aliphatic heterocycles. The molecule has 1 unspecified atom stereocenters. The largest absolute Gasteiger partial charge is 0.350 e. The molecule has 1 fully saturated rings. The third-order valence-corrected chi connectivity index (χ3v) is 3.21. The van der Waals surface area contributed by atoms with Crippen molar-refractivity contribution in [2.75, 3.05) is 13.1 Å². The third-order valence-electron chi connectivity index (χ3n) is 3.21. The summed E-state index contributed by atoms with van der Waals surface area (Å²) in [6.07, 6.45) is 0.935. The summed E-state index contributed by atoms with van der Waals surface area (Å²) >= 11 is 0. The number of nitrogens with two attached hydrogens (primary N) is 1. The molecular formula is C11H23N3O. The van der Waals surface area contributed by atoms with Gasteiger partial charge in [-0.15, -0.1) is 0 Å². The van der Waals surface area contributed by atoms with Crippen LogP contribution in [-0.4, -0.2) is 41.5 Å². The minimum atomic E-state index is -0.113. The number of hydrogen-bond donors (Lipinski definition) is 2. The molecule has 4 nitrogen and oxygen atoms in total. The van der Waals surface area contributed by atoms with Gasteiger partial charge in [0.25, 0.3) is 0 Å². The minimum absolute atomic E-state index is 0.0596. The van der Waals surface area contributed by atoms with Crippen LogP contribution in [0.5, 0.6) is 0 Å². The van der Waals surface area contributed by atoms with Crippen LogP contribution in [0.25, 0.3) is 0 Å². The molecule has 0 radical (unpaired) electrons. The maximum Gasteiger partial charge on any atom is 0.237 e. The Morgan fingerprint density at radius 1 is 1.60 bits per heavy atom. The fraction of sp³-hybridized carbons (Fsp3) is 0.909. The summed E-state index contributed by atoms with van der Waals surface area (Å²) in [5.74, 6) is 0.105. The number of carbonyl (C=O) groups is 1.